The van der Waals surface area contributed by atoms with E-state index in [4.69, 9.17) is 19.7 Å². The highest BCUT2D eigenvalue weighted by molar-refractivity contribution is 7.00. The maximum absolute atomic E-state index is 8.79. The average molecular weight is 332 g/mol. The van der Waals surface area contributed by atoms with Crippen molar-refractivity contribution in [2.75, 3.05) is 26.4 Å². The van der Waals surface area contributed by atoms with Gasteiger partial charge < -0.3 is 19.7 Å². The van der Waals surface area contributed by atoms with E-state index in [9.17, 15) is 0 Å². The molecule has 2 aromatic carbocycles. The van der Waals surface area contributed by atoms with E-state index in [1.54, 1.807) is 0 Å². The molecule has 0 saturated heterocycles. The summed E-state index contributed by atoms with van der Waals surface area (Å²) < 4.78 is 10.8. The topological polar surface area (TPSA) is 58.9 Å². The van der Waals surface area contributed by atoms with Crippen LogP contribution < -0.4 is 19.8 Å². The van der Waals surface area contributed by atoms with Gasteiger partial charge in [-0.05, 0) is 24.3 Å². The lowest BCUT2D eigenvalue weighted by Crippen LogP contribution is -2.52. The Bertz CT molecular complexity index is 540. The fourth-order valence-electron chi connectivity index (χ4n) is 2.43. The fraction of sp³-hybridized carbons (Fsp3) is 0.333. The minimum atomic E-state index is -1.77. The van der Waals surface area contributed by atoms with Crippen LogP contribution in [-0.4, -0.2) is 44.7 Å². The molecule has 2 aromatic rings. The van der Waals surface area contributed by atoms with Crippen molar-refractivity contribution < 1.29 is 19.7 Å². The smallest absolute Gasteiger partial charge is 0.119 e. The van der Waals surface area contributed by atoms with Gasteiger partial charge in [-0.25, -0.2) is 0 Å². The Kier molecular flexibility index (Phi) is 6.21. The summed E-state index contributed by atoms with van der Waals surface area (Å²) in [6.45, 7) is 5.28. The number of ether oxygens (including phenoxy) is 2. The van der Waals surface area contributed by atoms with Crippen molar-refractivity contribution in [1.29, 1.82) is 0 Å². The summed E-state index contributed by atoms with van der Waals surface area (Å²) in [5.74, 6) is 1.56. The third-order valence-corrected chi connectivity index (χ3v) is 7.43. The fourth-order valence-corrected chi connectivity index (χ4v) is 4.76. The molecular formula is C18H24O4Si. The lowest BCUT2D eigenvalue weighted by molar-refractivity contribution is 0.201. The molecule has 0 amide bonds. The highest BCUT2D eigenvalue weighted by Gasteiger charge is 2.25. The van der Waals surface area contributed by atoms with Crippen LogP contribution in [0, 0.1) is 0 Å². The van der Waals surface area contributed by atoms with Crippen molar-refractivity contribution in [3.63, 3.8) is 0 Å². The van der Waals surface area contributed by atoms with E-state index in [2.05, 4.69) is 37.4 Å². The molecule has 0 unspecified atom stereocenters. The maximum atomic E-state index is 8.79. The van der Waals surface area contributed by atoms with Gasteiger partial charge in [-0.1, -0.05) is 47.7 Å². The molecule has 0 aromatic heterocycles. The number of hydrogen-bond donors (Lipinski definition) is 2. The first-order valence-corrected chi connectivity index (χ1v) is 10.8. The molecule has 0 spiro atoms. The molecule has 0 saturated carbocycles. The van der Waals surface area contributed by atoms with E-state index in [1.165, 1.54) is 10.4 Å². The zero-order valence-corrected chi connectivity index (χ0v) is 14.7. The summed E-state index contributed by atoms with van der Waals surface area (Å²) >= 11 is 0. The molecule has 0 aliphatic rings. The summed E-state index contributed by atoms with van der Waals surface area (Å²) in [4.78, 5) is 0. The van der Waals surface area contributed by atoms with Gasteiger partial charge in [0, 0.05) is 0 Å². The van der Waals surface area contributed by atoms with Gasteiger partial charge in [0.15, 0.2) is 0 Å². The number of hydrogen-bond acceptors (Lipinski definition) is 4. The van der Waals surface area contributed by atoms with E-state index < -0.39 is 8.07 Å². The van der Waals surface area contributed by atoms with E-state index in [0.29, 0.717) is 13.2 Å². The molecule has 0 radical (unpaired) electrons. The Balaban J connectivity index is 2.13. The normalized spacial score (nSPS) is 11.3. The molecule has 4 nitrogen and oxygen atoms in total. The molecule has 0 bridgehead atoms. The van der Waals surface area contributed by atoms with Crippen molar-refractivity contribution >= 4 is 18.4 Å². The second kappa shape index (κ2) is 8.15. The van der Waals surface area contributed by atoms with Crippen molar-refractivity contribution in [2.24, 2.45) is 0 Å². The van der Waals surface area contributed by atoms with Gasteiger partial charge in [0.05, 0.1) is 13.2 Å². The largest absolute Gasteiger partial charge is 0.491 e. The zero-order chi connectivity index (χ0) is 16.7. The van der Waals surface area contributed by atoms with Crippen LogP contribution in [0.2, 0.25) is 13.1 Å². The Morgan fingerprint density at radius 2 is 1.04 bits per heavy atom. The summed E-state index contributed by atoms with van der Waals surface area (Å²) in [7, 11) is -1.77. The summed E-state index contributed by atoms with van der Waals surface area (Å²) in [5, 5.41) is 20.2. The molecule has 124 valence electrons. The van der Waals surface area contributed by atoms with Crippen LogP contribution in [0.3, 0.4) is 0 Å². The Hall–Kier alpha value is -1.82. The monoisotopic (exact) mass is 332 g/mol. The standard InChI is InChI=1S/C18H24O4Si/c1-23(2,17-7-3-15(4-8-17)21-13-11-19)18-9-5-16(6-10-18)22-14-12-20/h3-10,19-20H,11-14H2,1-2H3. The zero-order valence-electron chi connectivity index (χ0n) is 13.7. The number of aliphatic hydroxyl groups excluding tert-OH is 2. The third-order valence-electron chi connectivity index (χ3n) is 3.87. The first-order valence-electron chi connectivity index (χ1n) is 7.76. The highest BCUT2D eigenvalue weighted by atomic mass is 28.3. The predicted octanol–water partition coefficient (Wildman–Crippen LogP) is 1.25. The van der Waals surface area contributed by atoms with Crippen molar-refractivity contribution in [2.45, 2.75) is 13.1 Å². The van der Waals surface area contributed by atoms with Crippen LogP contribution >= 0.6 is 0 Å². The molecule has 0 heterocycles. The van der Waals surface area contributed by atoms with Gasteiger partial charge in [-0.3, -0.25) is 0 Å². The molecular weight excluding hydrogens is 308 g/mol. The molecule has 0 aliphatic carbocycles. The van der Waals surface area contributed by atoms with Crippen LogP contribution in [0.4, 0.5) is 0 Å². The number of aliphatic hydroxyl groups is 2. The van der Waals surface area contributed by atoms with Crippen LogP contribution in [0.5, 0.6) is 11.5 Å². The lowest BCUT2D eigenvalue weighted by Gasteiger charge is -2.24. The van der Waals surface area contributed by atoms with Gasteiger partial charge in [-0.15, -0.1) is 0 Å². The predicted molar refractivity (Wildman–Crippen MR) is 94.8 cm³/mol. The number of rotatable bonds is 8. The Morgan fingerprint density at radius 3 is 1.35 bits per heavy atom. The van der Waals surface area contributed by atoms with Crippen LogP contribution in [0.1, 0.15) is 0 Å². The van der Waals surface area contributed by atoms with E-state index in [0.717, 1.165) is 11.5 Å². The quantitative estimate of drug-likeness (QED) is 0.715. The average Bonchev–Trinajstić information content (AvgIpc) is 2.59. The molecule has 2 N–H and O–H groups in total. The van der Waals surface area contributed by atoms with Gasteiger partial charge in [0.1, 0.15) is 32.8 Å². The van der Waals surface area contributed by atoms with E-state index in [1.807, 2.05) is 24.3 Å². The van der Waals surface area contributed by atoms with Crippen LogP contribution in [0.15, 0.2) is 48.5 Å². The van der Waals surface area contributed by atoms with Crippen molar-refractivity contribution in [3.8, 4) is 11.5 Å². The first-order chi connectivity index (χ1) is 11.1. The Labute approximate surface area is 138 Å². The minimum absolute atomic E-state index is 0.0205. The molecule has 0 aliphatic heterocycles. The summed E-state index contributed by atoms with van der Waals surface area (Å²) in [5.41, 5.74) is 0. The first kappa shape index (κ1) is 17.5. The summed E-state index contributed by atoms with van der Waals surface area (Å²) in [6, 6.07) is 16.3. The molecule has 5 heteroatoms. The van der Waals surface area contributed by atoms with Gasteiger partial charge in [0.25, 0.3) is 0 Å². The molecule has 0 atom stereocenters. The number of benzene rings is 2. The van der Waals surface area contributed by atoms with Gasteiger partial charge in [0.2, 0.25) is 0 Å². The maximum Gasteiger partial charge on any atom is 0.119 e. The van der Waals surface area contributed by atoms with Crippen molar-refractivity contribution in [3.05, 3.63) is 48.5 Å². The summed E-state index contributed by atoms with van der Waals surface area (Å²) in [6.07, 6.45) is 0. The minimum Gasteiger partial charge on any atom is -0.491 e. The second-order valence-corrected chi connectivity index (χ2v) is 10.2. The molecule has 23 heavy (non-hydrogen) atoms. The Morgan fingerprint density at radius 1 is 0.696 bits per heavy atom. The van der Waals surface area contributed by atoms with E-state index >= 15 is 0 Å². The third kappa shape index (κ3) is 4.57. The SMILES string of the molecule is C[Si](C)(c1ccc(OCCO)cc1)c1ccc(OCCO)cc1. The van der Waals surface area contributed by atoms with Crippen LogP contribution in [0.25, 0.3) is 0 Å². The van der Waals surface area contributed by atoms with Gasteiger partial charge >= 0.3 is 0 Å². The molecule has 2 rings (SSSR count). The van der Waals surface area contributed by atoms with Crippen molar-refractivity contribution in [1.82, 2.24) is 0 Å². The second-order valence-electron chi connectivity index (χ2n) is 5.82. The highest BCUT2D eigenvalue weighted by Crippen LogP contribution is 2.14. The molecule has 0 fully saturated rings. The van der Waals surface area contributed by atoms with Gasteiger partial charge in [-0.2, -0.15) is 0 Å². The van der Waals surface area contributed by atoms with Crippen LogP contribution in [-0.2, 0) is 0 Å². The van der Waals surface area contributed by atoms with E-state index in [-0.39, 0.29) is 13.2 Å². The lowest BCUT2D eigenvalue weighted by atomic mass is 10.3.